The third-order valence-corrected chi connectivity index (χ3v) is 3.76. The van der Waals surface area contributed by atoms with Crippen molar-refractivity contribution in [3.8, 4) is 0 Å². The van der Waals surface area contributed by atoms with Crippen LogP contribution < -0.4 is 11.1 Å². The van der Waals surface area contributed by atoms with Crippen molar-refractivity contribution in [2.24, 2.45) is 17.6 Å². The molecule has 1 aliphatic carbocycles. The molecule has 0 radical (unpaired) electrons. The molecule has 0 aromatic carbocycles. The van der Waals surface area contributed by atoms with Crippen LogP contribution in [0.5, 0.6) is 0 Å². The Balaban J connectivity index is 2.24. The van der Waals surface area contributed by atoms with E-state index in [9.17, 15) is 4.79 Å². The van der Waals surface area contributed by atoms with Crippen LogP contribution in [-0.2, 0) is 4.79 Å². The first kappa shape index (κ1) is 14.5. The Morgan fingerprint density at radius 3 is 2.41 bits per heavy atom. The van der Waals surface area contributed by atoms with Crippen LogP contribution in [0, 0.1) is 11.8 Å². The summed E-state index contributed by atoms with van der Waals surface area (Å²) in [6.45, 7) is 3.64. The van der Waals surface area contributed by atoms with Gasteiger partial charge < -0.3 is 11.1 Å². The number of nitrogens with two attached hydrogens (primary N) is 1. The Kier molecular flexibility index (Phi) is 7.25. The molecule has 1 rings (SSSR count). The van der Waals surface area contributed by atoms with E-state index in [0.29, 0.717) is 12.5 Å². The molecule has 0 aromatic heterocycles. The van der Waals surface area contributed by atoms with Gasteiger partial charge in [-0.2, -0.15) is 0 Å². The summed E-state index contributed by atoms with van der Waals surface area (Å²) < 4.78 is 0. The van der Waals surface area contributed by atoms with Crippen LogP contribution >= 0.6 is 0 Å². The number of rotatable bonds is 5. The van der Waals surface area contributed by atoms with Crippen molar-refractivity contribution < 1.29 is 4.79 Å². The van der Waals surface area contributed by atoms with E-state index >= 15 is 0 Å². The fourth-order valence-electron chi connectivity index (χ4n) is 2.52. The Labute approximate surface area is 106 Å². The first-order valence-electron chi connectivity index (χ1n) is 7.21. The predicted octanol–water partition coefficient (Wildman–Crippen LogP) is 2.45. The number of carbonyl (C=O) groups excluding carboxylic acids is 1. The van der Waals surface area contributed by atoms with Gasteiger partial charge in [0.25, 0.3) is 0 Å². The van der Waals surface area contributed by atoms with Crippen LogP contribution in [0.3, 0.4) is 0 Å². The van der Waals surface area contributed by atoms with Crippen molar-refractivity contribution in [1.29, 1.82) is 0 Å². The highest BCUT2D eigenvalue weighted by Gasteiger charge is 2.19. The monoisotopic (exact) mass is 240 g/mol. The molecule has 0 bridgehead atoms. The second-order valence-corrected chi connectivity index (χ2v) is 5.47. The molecule has 1 fully saturated rings. The Morgan fingerprint density at radius 2 is 1.82 bits per heavy atom. The van der Waals surface area contributed by atoms with Crippen molar-refractivity contribution in [3.63, 3.8) is 0 Å². The van der Waals surface area contributed by atoms with Crippen molar-refractivity contribution >= 4 is 5.91 Å². The van der Waals surface area contributed by atoms with E-state index in [-0.39, 0.29) is 11.8 Å². The van der Waals surface area contributed by atoms with Crippen molar-refractivity contribution in [2.75, 3.05) is 13.1 Å². The quantitative estimate of drug-likeness (QED) is 0.775. The van der Waals surface area contributed by atoms with Gasteiger partial charge in [-0.25, -0.2) is 0 Å². The maximum atomic E-state index is 12.0. The van der Waals surface area contributed by atoms with Crippen molar-refractivity contribution in [1.82, 2.24) is 5.32 Å². The molecule has 0 heterocycles. The van der Waals surface area contributed by atoms with Gasteiger partial charge in [0.15, 0.2) is 0 Å². The Bertz CT molecular complexity index is 210. The number of hydrogen-bond donors (Lipinski definition) is 2. The third-order valence-electron chi connectivity index (χ3n) is 3.76. The number of hydrogen-bond acceptors (Lipinski definition) is 2. The summed E-state index contributed by atoms with van der Waals surface area (Å²) in [5.41, 5.74) is 5.50. The second-order valence-electron chi connectivity index (χ2n) is 5.47. The summed E-state index contributed by atoms with van der Waals surface area (Å²) in [7, 11) is 0. The molecule has 3 nitrogen and oxygen atoms in total. The lowest BCUT2D eigenvalue weighted by atomic mass is 9.90. The molecule has 1 atom stereocenters. The van der Waals surface area contributed by atoms with Crippen molar-refractivity contribution in [3.05, 3.63) is 0 Å². The van der Waals surface area contributed by atoms with Gasteiger partial charge in [-0.05, 0) is 31.7 Å². The highest BCUT2D eigenvalue weighted by molar-refractivity contribution is 5.78. The normalized spacial score (nSPS) is 20.4. The largest absolute Gasteiger partial charge is 0.356 e. The van der Waals surface area contributed by atoms with Gasteiger partial charge in [0.2, 0.25) is 5.91 Å². The second kappa shape index (κ2) is 8.51. The molecule has 1 amide bonds. The van der Waals surface area contributed by atoms with Gasteiger partial charge in [-0.15, -0.1) is 0 Å². The fraction of sp³-hybridized carbons (Fsp3) is 0.929. The minimum atomic E-state index is 0.264. The molecule has 3 heteroatoms. The smallest absolute Gasteiger partial charge is 0.223 e. The van der Waals surface area contributed by atoms with E-state index in [0.717, 1.165) is 25.8 Å². The van der Waals surface area contributed by atoms with Gasteiger partial charge in [0.1, 0.15) is 0 Å². The molecule has 1 unspecified atom stereocenters. The lowest BCUT2D eigenvalue weighted by molar-refractivity contribution is -0.125. The molecular weight excluding hydrogens is 212 g/mol. The van der Waals surface area contributed by atoms with Crippen molar-refractivity contribution in [2.45, 2.75) is 58.3 Å². The number of carbonyl (C=O) groups is 1. The van der Waals surface area contributed by atoms with Gasteiger partial charge in [0, 0.05) is 12.5 Å². The third kappa shape index (κ3) is 6.06. The zero-order valence-corrected chi connectivity index (χ0v) is 11.2. The molecule has 1 aliphatic rings. The molecule has 0 saturated heterocycles. The first-order valence-corrected chi connectivity index (χ1v) is 7.21. The Hall–Kier alpha value is -0.570. The zero-order valence-electron chi connectivity index (χ0n) is 11.2. The van der Waals surface area contributed by atoms with Crippen LogP contribution in [0.15, 0.2) is 0 Å². The SMILES string of the molecule is CC(CCN)CNC(=O)C1CCCCCCC1. The van der Waals surface area contributed by atoms with Gasteiger partial charge in [-0.3, -0.25) is 4.79 Å². The van der Waals surface area contributed by atoms with Crippen LogP contribution in [0.4, 0.5) is 0 Å². The molecule has 0 aliphatic heterocycles. The molecule has 0 aromatic rings. The molecule has 3 N–H and O–H groups in total. The van der Waals surface area contributed by atoms with Gasteiger partial charge >= 0.3 is 0 Å². The highest BCUT2D eigenvalue weighted by Crippen LogP contribution is 2.22. The number of amides is 1. The van der Waals surface area contributed by atoms with Crippen LogP contribution in [-0.4, -0.2) is 19.0 Å². The van der Waals surface area contributed by atoms with Gasteiger partial charge in [-0.1, -0.05) is 39.0 Å². The minimum Gasteiger partial charge on any atom is -0.356 e. The van der Waals surface area contributed by atoms with Crippen LogP contribution in [0.25, 0.3) is 0 Å². The van der Waals surface area contributed by atoms with Gasteiger partial charge in [0.05, 0.1) is 0 Å². The van der Waals surface area contributed by atoms with Crippen LogP contribution in [0.2, 0.25) is 0 Å². The molecular formula is C14H28N2O. The summed E-state index contributed by atoms with van der Waals surface area (Å²) in [6.07, 6.45) is 9.54. The average molecular weight is 240 g/mol. The zero-order chi connectivity index (χ0) is 12.5. The predicted molar refractivity (Wildman–Crippen MR) is 71.7 cm³/mol. The maximum absolute atomic E-state index is 12.0. The first-order chi connectivity index (χ1) is 8.24. The van der Waals surface area contributed by atoms with E-state index in [1.807, 2.05) is 0 Å². The average Bonchev–Trinajstić information content (AvgIpc) is 2.26. The lowest BCUT2D eigenvalue weighted by Gasteiger charge is -2.20. The summed E-state index contributed by atoms with van der Waals surface area (Å²) in [5.74, 6) is 1.04. The number of nitrogens with one attached hydrogen (secondary N) is 1. The minimum absolute atomic E-state index is 0.264. The van der Waals surface area contributed by atoms with E-state index in [2.05, 4.69) is 12.2 Å². The van der Waals surface area contributed by atoms with E-state index in [1.54, 1.807) is 0 Å². The molecule has 100 valence electrons. The summed E-state index contributed by atoms with van der Waals surface area (Å²) in [4.78, 5) is 12.0. The Morgan fingerprint density at radius 1 is 1.24 bits per heavy atom. The van der Waals surface area contributed by atoms with Crippen LogP contribution in [0.1, 0.15) is 58.3 Å². The molecule has 17 heavy (non-hydrogen) atoms. The molecule has 1 saturated carbocycles. The lowest BCUT2D eigenvalue weighted by Crippen LogP contribution is -2.34. The van der Waals surface area contributed by atoms with E-state index in [4.69, 9.17) is 5.73 Å². The standard InChI is InChI=1S/C14H28N2O/c1-12(9-10-15)11-16-14(17)13-7-5-3-2-4-6-8-13/h12-13H,2-11,15H2,1H3,(H,16,17). The maximum Gasteiger partial charge on any atom is 0.223 e. The summed E-state index contributed by atoms with van der Waals surface area (Å²) in [6, 6.07) is 0. The van der Waals surface area contributed by atoms with E-state index in [1.165, 1.54) is 32.1 Å². The fourth-order valence-corrected chi connectivity index (χ4v) is 2.52. The highest BCUT2D eigenvalue weighted by atomic mass is 16.1. The van der Waals surface area contributed by atoms with E-state index < -0.39 is 0 Å². The topological polar surface area (TPSA) is 55.1 Å². The molecule has 0 spiro atoms. The summed E-state index contributed by atoms with van der Waals surface area (Å²) >= 11 is 0. The summed E-state index contributed by atoms with van der Waals surface area (Å²) in [5, 5.41) is 3.09.